The summed E-state index contributed by atoms with van der Waals surface area (Å²) in [4.78, 5) is 18.4. The monoisotopic (exact) mass is 493 g/mol. The number of rotatable bonds is 9. The number of hydrogen-bond acceptors (Lipinski definition) is 8. The van der Waals surface area contributed by atoms with E-state index in [9.17, 15) is 4.79 Å². The predicted molar refractivity (Wildman–Crippen MR) is 136 cm³/mol. The molecule has 0 unspecified atom stereocenters. The summed E-state index contributed by atoms with van der Waals surface area (Å²) in [6.07, 6.45) is 3.20. The molecular weight excluding hydrogens is 466 g/mol. The minimum atomic E-state index is -0.393. The van der Waals surface area contributed by atoms with Crippen LogP contribution < -0.4 is 24.8 Å². The first-order valence-corrected chi connectivity index (χ1v) is 11.7. The van der Waals surface area contributed by atoms with E-state index in [1.165, 1.54) is 17.6 Å². The van der Waals surface area contributed by atoms with Crippen molar-refractivity contribution in [1.29, 1.82) is 0 Å². The molecule has 0 fully saturated rings. The van der Waals surface area contributed by atoms with Gasteiger partial charge in [-0.1, -0.05) is 6.07 Å². The summed E-state index contributed by atoms with van der Waals surface area (Å²) in [7, 11) is 4.73. The van der Waals surface area contributed by atoms with E-state index in [4.69, 9.17) is 18.6 Å². The number of carbonyl (C=O) groups is 1. The molecule has 0 radical (unpaired) electrons. The number of aryl methyl sites for hydroxylation is 1. The molecule has 1 aromatic carbocycles. The highest BCUT2D eigenvalue weighted by Crippen LogP contribution is 2.45. The van der Waals surface area contributed by atoms with Crippen LogP contribution in [0.15, 0.2) is 59.3 Å². The topological polar surface area (TPSA) is 94.9 Å². The highest BCUT2D eigenvalue weighted by atomic mass is 32.1. The number of nitrogens with one attached hydrogen (secondary N) is 2. The Kier molecular flexibility index (Phi) is 7.26. The van der Waals surface area contributed by atoms with E-state index in [2.05, 4.69) is 15.6 Å². The number of ether oxygens (including phenoxy) is 3. The molecule has 8 nitrogen and oxygen atoms in total. The highest BCUT2D eigenvalue weighted by molar-refractivity contribution is 7.16. The number of pyridine rings is 1. The van der Waals surface area contributed by atoms with Crippen LogP contribution in [-0.2, 0) is 0 Å². The Hall–Kier alpha value is -3.98. The zero-order valence-electron chi connectivity index (χ0n) is 20.2. The lowest BCUT2D eigenvalue weighted by Gasteiger charge is -2.24. The summed E-state index contributed by atoms with van der Waals surface area (Å²) in [6, 6.07) is 12.4. The minimum Gasteiger partial charge on any atom is -0.493 e. The average Bonchev–Trinajstić information content (AvgIpc) is 3.51. The van der Waals surface area contributed by atoms with Crippen molar-refractivity contribution in [3.05, 3.63) is 82.3 Å². The Balaban J connectivity index is 1.87. The predicted octanol–water partition coefficient (Wildman–Crippen LogP) is 5.83. The number of carbonyl (C=O) groups excluding carboxylic acids is 1. The molecule has 1 amide bonds. The fourth-order valence-corrected chi connectivity index (χ4v) is 4.94. The van der Waals surface area contributed by atoms with Gasteiger partial charge in [0, 0.05) is 16.6 Å². The largest absolute Gasteiger partial charge is 0.493 e. The normalized spacial score (nSPS) is 11.6. The first-order chi connectivity index (χ1) is 17.0. The van der Waals surface area contributed by atoms with Gasteiger partial charge in [0.15, 0.2) is 17.3 Å². The zero-order valence-corrected chi connectivity index (χ0v) is 21.0. The van der Waals surface area contributed by atoms with E-state index in [-0.39, 0.29) is 11.7 Å². The summed E-state index contributed by atoms with van der Waals surface area (Å²) < 4.78 is 22.0. The smallest absolute Gasteiger partial charge is 0.291 e. The van der Waals surface area contributed by atoms with E-state index in [1.54, 1.807) is 39.7 Å². The quantitative estimate of drug-likeness (QED) is 0.303. The molecule has 0 saturated heterocycles. The summed E-state index contributed by atoms with van der Waals surface area (Å²) in [5.74, 6) is 2.15. The fourth-order valence-electron chi connectivity index (χ4n) is 3.84. The molecule has 0 aliphatic heterocycles. The fraction of sp³-hybridized carbons (Fsp3) is 0.231. The van der Waals surface area contributed by atoms with Crippen molar-refractivity contribution < 1.29 is 23.4 Å². The summed E-state index contributed by atoms with van der Waals surface area (Å²) in [6.45, 7) is 4.06. The molecule has 9 heteroatoms. The summed E-state index contributed by atoms with van der Waals surface area (Å²) in [5, 5.41) is 7.26. The minimum absolute atomic E-state index is 0.238. The third kappa shape index (κ3) is 4.95. The Morgan fingerprint density at radius 2 is 1.77 bits per heavy atom. The molecule has 0 spiro atoms. The highest BCUT2D eigenvalue weighted by Gasteiger charge is 2.28. The van der Waals surface area contributed by atoms with Gasteiger partial charge in [0.2, 0.25) is 5.75 Å². The lowest BCUT2D eigenvalue weighted by atomic mass is 9.95. The number of anilines is 2. The number of nitrogens with zero attached hydrogens (tertiary/aromatic N) is 1. The Morgan fingerprint density at radius 3 is 2.34 bits per heavy atom. The lowest BCUT2D eigenvalue weighted by Crippen LogP contribution is -2.18. The first kappa shape index (κ1) is 24.2. The first-order valence-electron chi connectivity index (χ1n) is 10.9. The van der Waals surface area contributed by atoms with Gasteiger partial charge in [-0.15, -0.1) is 11.3 Å². The van der Waals surface area contributed by atoms with Crippen LogP contribution in [0, 0.1) is 13.8 Å². The molecule has 0 aliphatic carbocycles. The standard InChI is InChI=1S/C26H27N3O5S/c1-15-16(2)35-26(29-25(30)18-9-8-12-34-18)22(15)23(28-21-10-6-7-11-27-21)17-13-19(31-3)24(33-5)20(14-17)32-4/h6-14,23H,1-5H3,(H,27,28)(H,29,30)/t23-/m1/s1. The number of aromatic nitrogens is 1. The van der Waals surface area contributed by atoms with Crippen molar-refractivity contribution >= 4 is 28.1 Å². The number of amides is 1. The van der Waals surface area contributed by atoms with Crippen LogP contribution in [-0.4, -0.2) is 32.2 Å². The van der Waals surface area contributed by atoms with Gasteiger partial charge in [0.25, 0.3) is 5.91 Å². The maximum Gasteiger partial charge on any atom is 0.291 e. The number of methoxy groups -OCH3 is 3. The van der Waals surface area contributed by atoms with E-state index >= 15 is 0 Å². The van der Waals surface area contributed by atoms with Crippen molar-refractivity contribution in [1.82, 2.24) is 4.98 Å². The van der Waals surface area contributed by atoms with Crippen LogP contribution in [0.25, 0.3) is 0 Å². The molecule has 1 atom stereocenters. The van der Waals surface area contributed by atoms with Gasteiger partial charge >= 0.3 is 0 Å². The van der Waals surface area contributed by atoms with Gasteiger partial charge in [0.1, 0.15) is 10.8 Å². The molecular formula is C26H27N3O5S. The average molecular weight is 494 g/mol. The molecule has 182 valence electrons. The van der Waals surface area contributed by atoms with Crippen molar-refractivity contribution in [2.45, 2.75) is 19.9 Å². The molecule has 4 rings (SSSR count). The maximum atomic E-state index is 12.9. The van der Waals surface area contributed by atoms with E-state index in [0.29, 0.717) is 28.1 Å². The molecule has 3 heterocycles. The van der Waals surface area contributed by atoms with Crippen LogP contribution in [0.5, 0.6) is 17.2 Å². The number of benzene rings is 1. The van der Waals surface area contributed by atoms with Gasteiger partial charge in [-0.2, -0.15) is 0 Å². The molecule has 0 saturated carbocycles. The van der Waals surface area contributed by atoms with E-state index in [0.717, 1.165) is 21.6 Å². The van der Waals surface area contributed by atoms with E-state index in [1.807, 2.05) is 44.2 Å². The van der Waals surface area contributed by atoms with Gasteiger partial charge in [0.05, 0.1) is 33.6 Å². The van der Waals surface area contributed by atoms with Crippen molar-refractivity contribution in [3.63, 3.8) is 0 Å². The molecule has 3 aromatic heterocycles. The maximum absolute atomic E-state index is 12.9. The second-order valence-electron chi connectivity index (χ2n) is 7.71. The van der Waals surface area contributed by atoms with Crippen LogP contribution >= 0.6 is 11.3 Å². The van der Waals surface area contributed by atoms with Gasteiger partial charge in [-0.3, -0.25) is 4.79 Å². The van der Waals surface area contributed by atoms with Gasteiger partial charge in [-0.25, -0.2) is 4.98 Å². The van der Waals surface area contributed by atoms with Gasteiger partial charge < -0.3 is 29.3 Å². The third-order valence-corrected chi connectivity index (χ3v) is 6.81. The molecule has 0 bridgehead atoms. The van der Waals surface area contributed by atoms with Crippen molar-refractivity contribution in [2.75, 3.05) is 32.0 Å². The van der Waals surface area contributed by atoms with Crippen LogP contribution in [0.3, 0.4) is 0 Å². The molecule has 0 aliphatic rings. The van der Waals surface area contributed by atoms with E-state index < -0.39 is 6.04 Å². The Bertz CT molecular complexity index is 1280. The van der Waals surface area contributed by atoms with Crippen molar-refractivity contribution in [2.24, 2.45) is 0 Å². The second-order valence-corrected chi connectivity index (χ2v) is 8.93. The Labute approximate surface area is 207 Å². The summed E-state index contributed by atoms with van der Waals surface area (Å²) in [5.41, 5.74) is 2.80. The molecule has 2 N–H and O–H groups in total. The summed E-state index contributed by atoms with van der Waals surface area (Å²) >= 11 is 1.51. The zero-order chi connectivity index (χ0) is 24.9. The molecule has 35 heavy (non-hydrogen) atoms. The third-order valence-electron chi connectivity index (χ3n) is 5.67. The van der Waals surface area contributed by atoms with Gasteiger partial charge in [-0.05, 0) is 61.4 Å². The number of thiophene rings is 1. The van der Waals surface area contributed by atoms with Crippen LogP contribution in [0.1, 0.15) is 38.2 Å². The number of furan rings is 1. The molecule has 4 aromatic rings. The van der Waals surface area contributed by atoms with Crippen LogP contribution in [0.2, 0.25) is 0 Å². The SMILES string of the molecule is COc1cc([C@@H](Nc2ccccn2)c2c(NC(=O)c3ccco3)sc(C)c2C)cc(OC)c1OC. The van der Waals surface area contributed by atoms with Crippen LogP contribution in [0.4, 0.5) is 10.8 Å². The lowest BCUT2D eigenvalue weighted by molar-refractivity contribution is 0.0997. The second kappa shape index (κ2) is 10.5. The van der Waals surface area contributed by atoms with Crippen molar-refractivity contribution in [3.8, 4) is 17.2 Å². The Morgan fingerprint density at radius 1 is 1.03 bits per heavy atom. The number of hydrogen-bond donors (Lipinski definition) is 2.